The number of carbonyl (C=O) groups is 2. The topological polar surface area (TPSA) is 181 Å². The van der Waals surface area contributed by atoms with E-state index in [0.717, 1.165) is 0 Å². The van der Waals surface area contributed by atoms with Gasteiger partial charge in [0.05, 0.1) is 38.7 Å². The van der Waals surface area contributed by atoms with Gasteiger partial charge in [-0.05, 0) is 33.7 Å². The second-order valence-electron chi connectivity index (χ2n) is 7.49. The van der Waals surface area contributed by atoms with Crippen molar-refractivity contribution in [1.29, 1.82) is 0 Å². The van der Waals surface area contributed by atoms with Gasteiger partial charge in [0.1, 0.15) is 6.54 Å². The number of nitro benzene ring substituents is 1. The number of carboxylic acid groups (broad SMARTS) is 1. The number of hydrogen-bond donors (Lipinski definition) is 2. The summed E-state index contributed by atoms with van der Waals surface area (Å²) in [5, 5.41) is 35.6. The summed E-state index contributed by atoms with van der Waals surface area (Å²) < 4.78 is 16.6. The number of tetrazole rings is 1. The van der Waals surface area contributed by atoms with Crippen LogP contribution < -0.4 is 14.8 Å². The third-order valence-electron chi connectivity index (χ3n) is 5.30. The summed E-state index contributed by atoms with van der Waals surface area (Å²) >= 11 is 0. The van der Waals surface area contributed by atoms with Crippen molar-refractivity contribution >= 4 is 17.6 Å². The van der Waals surface area contributed by atoms with E-state index in [9.17, 15) is 24.8 Å². The quantitative estimate of drug-likeness (QED) is 0.209. The molecular formula is C22H24N6O8. The molecule has 0 aliphatic rings. The molecule has 0 saturated carbocycles. The highest BCUT2D eigenvalue weighted by Crippen LogP contribution is 2.34. The predicted octanol–water partition coefficient (Wildman–Crippen LogP) is 1.67. The average Bonchev–Trinajstić information content (AvgIpc) is 3.33. The number of hydrogen-bond acceptors (Lipinski definition) is 11. The SMILES string of the molecule is COC(=O)Cn1nnnc1C(NC(CC(=O)O)c1cccc([N+](=O)[O-])c1)c1ccc(OC)c(OC)c1. The Kier molecular flexibility index (Phi) is 8.46. The molecule has 14 nitrogen and oxygen atoms in total. The van der Waals surface area contributed by atoms with E-state index < -0.39 is 35.4 Å². The minimum atomic E-state index is -1.14. The highest BCUT2D eigenvalue weighted by Gasteiger charge is 2.29. The monoisotopic (exact) mass is 500 g/mol. The number of esters is 1. The van der Waals surface area contributed by atoms with Crippen LogP contribution in [0.15, 0.2) is 42.5 Å². The molecule has 0 amide bonds. The minimum absolute atomic E-state index is 0.174. The second-order valence-corrected chi connectivity index (χ2v) is 7.49. The summed E-state index contributed by atoms with van der Waals surface area (Å²) in [7, 11) is 4.17. The molecule has 2 aromatic carbocycles. The van der Waals surface area contributed by atoms with Gasteiger partial charge in [0.2, 0.25) is 0 Å². The first-order chi connectivity index (χ1) is 17.3. The maximum Gasteiger partial charge on any atom is 0.327 e. The second kappa shape index (κ2) is 11.7. The number of ether oxygens (including phenoxy) is 3. The standard InChI is InChI=1S/C22H24N6O8/c1-34-17-8-7-14(10-18(17)35-2)21(22-24-25-26-27(22)12-20(31)36-3)23-16(11-19(29)30)13-5-4-6-15(9-13)28(32)33/h4-10,16,21,23H,11-12H2,1-3H3,(H,29,30). The Bertz CT molecular complexity index is 1250. The number of nitro groups is 1. The molecule has 2 atom stereocenters. The van der Waals surface area contributed by atoms with Crippen molar-refractivity contribution < 1.29 is 33.8 Å². The predicted molar refractivity (Wildman–Crippen MR) is 122 cm³/mol. The summed E-state index contributed by atoms with van der Waals surface area (Å²) in [6.45, 7) is -0.301. The van der Waals surface area contributed by atoms with Crippen molar-refractivity contribution in [2.45, 2.75) is 25.0 Å². The fourth-order valence-electron chi connectivity index (χ4n) is 3.57. The van der Waals surface area contributed by atoms with Crippen LogP contribution in [-0.4, -0.2) is 63.5 Å². The zero-order valence-corrected chi connectivity index (χ0v) is 19.7. The van der Waals surface area contributed by atoms with E-state index in [4.69, 9.17) is 14.2 Å². The van der Waals surface area contributed by atoms with Crippen molar-refractivity contribution in [2.75, 3.05) is 21.3 Å². The van der Waals surface area contributed by atoms with E-state index in [1.165, 1.54) is 44.2 Å². The molecule has 2 N–H and O–H groups in total. The van der Waals surface area contributed by atoms with Gasteiger partial charge in [0.15, 0.2) is 17.3 Å². The van der Waals surface area contributed by atoms with Gasteiger partial charge < -0.3 is 19.3 Å². The van der Waals surface area contributed by atoms with Crippen LogP contribution in [0.3, 0.4) is 0 Å². The molecular weight excluding hydrogens is 476 g/mol. The summed E-state index contributed by atoms with van der Waals surface area (Å²) in [5.74, 6) is -0.725. The van der Waals surface area contributed by atoms with Crippen LogP contribution in [0.1, 0.15) is 35.5 Å². The first kappa shape index (κ1) is 26.0. The van der Waals surface area contributed by atoms with Crippen LogP contribution in [0, 0.1) is 10.1 Å². The molecule has 0 fully saturated rings. The van der Waals surface area contributed by atoms with Crippen molar-refractivity contribution in [3.8, 4) is 11.5 Å². The summed E-state index contributed by atoms with van der Waals surface area (Å²) in [5.41, 5.74) is 0.723. The lowest BCUT2D eigenvalue weighted by Crippen LogP contribution is -2.32. The Morgan fingerprint density at radius 1 is 1.11 bits per heavy atom. The van der Waals surface area contributed by atoms with E-state index in [1.807, 2.05) is 0 Å². The number of carboxylic acids is 1. The number of non-ortho nitro benzene ring substituents is 1. The molecule has 190 valence electrons. The molecule has 36 heavy (non-hydrogen) atoms. The largest absolute Gasteiger partial charge is 0.493 e. The number of aliphatic carboxylic acids is 1. The van der Waals surface area contributed by atoms with Gasteiger partial charge >= 0.3 is 11.9 Å². The van der Waals surface area contributed by atoms with E-state index in [2.05, 4.69) is 20.8 Å². The maximum atomic E-state index is 11.9. The van der Waals surface area contributed by atoms with Crippen LogP contribution in [0.4, 0.5) is 5.69 Å². The first-order valence-corrected chi connectivity index (χ1v) is 10.5. The lowest BCUT2D eigenvalue weighted by Gasteiger charge is -2.25. The van der Waals surface area contributed by atoms with Crippen LogP contribution >= 0.6 is 0 Å². The van der Waals surface area contributed by atoms with E-state index in [1.54, 1.807) is 24.3 Å². The van der Waals surface area contributed by atoms with Crippen LogP contribution in [0.5, 0.6) is 11.5 Å². The fraction of sp³-hybridized carbons (Fsp3) is 0.318. The number of aromatic nitrogens is 4. The number of rotatable bonds is 12. The third kappa shape index (κ3) is 6.09. The maximum absolute atomic E-state index is 11.9. The first-order valence-electron chi connectivity index (χ1n) is 10.5. The molecule has 3 rings (SSSR count). The fourth-order valence-corrected chi connectivity index (χ4v) is 3.57. The lowest BCUT2D eigenvalue weighted by molar-refractivity contribution is -0.384. The third-order valence-corrected chi connectivity index (χ3v) is 5.30. The van der Waals surface area contributed by atoms with Crippen LogP contribution in [0.2, 0.25) is 0 Å². The number of nitrogens with one attached hydrogen (secondary N) is 1. The van der Waals surface area contributed by atoms with E-state index in [0.29, 0.717) is 22.6 Å². The summed E-state index contributed by atoms with van der Waals surface area (Å²) in [6.07, 6.45) is -0.413. The van der Waals surface area contributed by atoms with Gasteiger partial charge in [-0.2, -0.15) is 0 Å². The van der Waals surface area contributed by atoms with Gasteiger partial charge in [-0.15, -0.1) is 5.10 Å². The molecule has 1 heterocycles. The van der Waals surface area contributed by atoms with Crippen LogP contribution in [-0.2, 0) is 20.9 Å². The molecule has 0 radical (unpaired) electrons. The van der Waals surface area contributed by atoms with Crippen molar-refractivity contribution in [1.82, 2.24) is 25.5 Å². The van der Waals surface area contributed by atoms with Crippen molar-refractivity contribution in [2.24, 2.45) is 0 Å². The number of methoxy groups -OCH3 is 3. The smallest absolute Gasteiger partial charge is 0.327 e. The molecule has 0 saturated heterocycles. The van der Waals surface area contributed by atoms with Gasteiger partial charge in [-0.25, -0.2) is 4.68 Å². The number of nitrogens with zero attached hydrogens (tertiary/aromatic N) is 5. The zero-order chi connectivity index (χ0) is 26.2. The normalized spacial score (nSPS) is 12.4. The highest BCUT2D eigenvalue weighted by atomic mass is 16.6. The Morgan fingerprint density at radius 2 is 1.86 bits per heavy atom. The van der Waals surface area contributed by atoms with Gasteiger partial charge in [0.25, 0.3) is 5.69 Å². The number of benzene rings is 2. The van der Waals surface area contributed by atoms with Gasteiger partial charge in [0, 0.05) is 18.2 Å². The summed E-state index contributed by atoms with van der Waals surface area (Å²) in [6, 6.07) is 8.88. The molecule has 0 spiro atoms. The molecule has 0 aliphatic carbocycles. The molecule has 14 heteroatoms. The Morgan fingerprint density at radius 3 is 2.50 bits per heavy atom. The lowest BCUT2D eigenvalue weighted by atomic mass is 9.98. The van der Waals surface area contributed by atoms with Gasteiger partial charge in [-0.3, -0.25) is 25.0 Å². The average molecular weight is 500 g/mol. The zero-order valence-electron chi connectivity index (χ0n) is 19.7. The van der Waals surface area contributed by atoms with Crippen molar-refractivity contribution in [3.05, 3.63) is 69.5 Å². The number of carbonyl (C=O) groups excluding carboxylic acids is 1. The Balaban J connectivity index is 2.12. The van der Waals surface area contributed by atoms with E-state index in [-0.39, 0.29) is 18.1 Å². The summed E-state index contributed by atoms with van der Waals surface area (Å²) in [4.78, 5) is 34.4. The Hall–Kier alpha value is -4.59. The van der Waals surface area contributed by atoms with Crippen molar-refractivity contribution in [3.63, 3.8) is 0 Å². The van der Waals surface area contributed by atoms with Gasteiger partial charge in [-0.1, -0.05) is 18.2 Å². The molecule has 3 aromatic rings. The molecule has 2 unspecified atom stereocenters. The molecule has 0 aliphatic heterocycles. The minimum Gasteiger partial charge on any atom is -0.493 e. The molecule has 0 bridgehead atoms. The van der Waals surface area contributed by atoms with E-state index >= 15 is 0 Å². The Labute approximate surface area is 204 Å². The molecule has 1 aromatic heterocycles. The highest BCUT2D eigenvalue weighted by molar-refractivity contribution is 5.69. The van der Waals surface area contributed by atoms with Crippen LogP contribution in [0.25, 0.3) is 0 Å².